The summed E-state index contributed by atoms with van der Waals surface area (Å²) >= 11 is 0. The highest BCUT2D eigenvalue weighted by molar-refractivity contribution is 5.94. The van der Waals surface area contributed by atoms with Crippen LogP contribution in [0.15, 0.2) is 18.2 Å². The average molecular weight is 264 g/mol. The van der Waals surface area contributed by atoms with Gasteiger partial charge in [0.05, 0.1) is 25.8 Å². The van der Waals surface area contributed by atoms with E-state index in [4.69, 9.17) is 9.47 Å². The first-order chi connectivity index (χ1) is 9.15. The van der Waals surface area contributed by atoms with E-state index in [1.54, 1.807) is 32.4 Å². The van der Waals surface area contributed by atoms with Crippen molar-refractivity contribution in [3.8, 4) is 11.5 Å². The lowest BCUT2D eigenvalue weighted by molar-refractivity contribution is -0.120. The monoisotopic (exact) mass is 264 g/mol. The first kappa shape index (κ1) is 13.7. The number of nitrogens with one attached hydrogen (secondary N) is 2. The molecular weight excluding hydrogens is 244 g/mol. The average Bonchev–Trinajstić information content (AvgIpc) is 2.85. The third-order valence-corrected chi connectivity index (χ3v) is 3.52. The Hall–Kier alpha value is -1.75. The fraction of sp³-hybridized carbons (Fsp3) is 0.500. The zero-order chi connectivity index (χ0) is 13.8. The molecule has 1 aliphatic rings. The molecule has 104 valence electrons. The first-order valence-corrected chi connectivity index (χ1v) is 6.39. The summed E-state index contributed by atoms with van der Waals surface area (Å²) in [6.07, 6.45) is 0. The van der Waals surface area contributed by atoms with E-state index in [0.717, 1.165) is 13.1 Å². The maximum atomic E-state index is 12.2. The molecule has 19 heavy (non-hydrogen) atoms. The summed E-state index contributed by atoms with van der Waals surface area (Å²) in [5.41, 5.74) is 0.674. The Morgan fingerprint density at radius 2 is 2.11 bits per heavy atom. The van der Waals surface area contributed by atoms with Gasteiger partial charge in [-0.1, -0.05) is 6.92 Å². The minimum absolute atomic E-state index is 0.00630. The third-order valence-electron chi connectivity index (χ3n) is 3.52. The normalized spacial score (nSPS) is 22.1. The van der Waals surface area contributed by atoms with Crippen LogP contribution in [0.4, 0.5) is 5.69 Å². The van der Waals surface area contributed by atoms with E-state index in [-0.39, 0.29) is 11.8 Å². The Morgan fingerprint density at radius 3 is 2.68 bits per heavy atom. The minimum atomic E-state index is 0.00630. The van der Waals surface area contributed by atoms with Crippen LogP contribution in [0.1, 0.15) is 6.92 Å². The molecule has 5 nitrogen and oxygen atoms in total. The molecule has 1 aromatic rings. The Kier molecular flexibility index (Phi) is 4.27. The molecule has 2 N–H and O–H groups in total. The molecule has 0 aromatic heterocycles. The molecule has 0 saturated carbocycles. The summed E-state index contributed by atoms with van der Waals surface area (Å²) in [5.74, 6) is 1.69. The molecule has 2 atom stereocenters. The van der Waals surface area contributed by atoms with Crippen molar-refractivity contribution in [3.05, 3.63) is 18.2 Å². The van der Waals surface area contributed by atoms with E-state index in [9.17, 15) is 4.79 Å². The molecule has 0 radical (unpaired) electrons. The van der Waals surface area contributed by atoms with Crippen LogP contribution in [0.5, 0.6) is 11.5 Å². The summed E-state index contributed by atoms with van der Waals surface area (Å²) < 4.78 is 10.4. The largest absolute Gasteiger partial charge is 0.497 e. The molecule has 1 saturated heterocycles. The van der Waals surface area contributed by atoms with Gasteiger partial charge in [-0.15, -0.1) is 0 Å². The zero-order valence-corrected chi connectivity index (χ0v) is 11.5. The lowest BCUT2D eigenvalue weighted by atomic mass is 9.97. The van der Waals surface area contributed by atoms with Crippen LogP contribution in [-0.4, -0.2) is 33.2 Å². The van der Waals surface area contributed by atoms with Crippen molar-refractivity contribution in [3.63, 3.8) is 0 Å². The van der Waals surface area contributed by atoms with Crippen LogP contribution in [0.25, 0.3) is 0 Å². The standard InChI is InChI=1S/C14H20N2O3/c1-9-7-15-8-11(9)14(17)16-12-5-4-10(18-2)6-13(12)19-3/h4-6,9,11,15H,7-8H2,1-3H3,(H,16,17). The van der Waals surface area contributed by atoms with Crippen molar-refractivity contribution in [1.82, 2.24) is 5.32 Å². The Morgan fingerprint density at radius 1 is 1.32 bits per heavy atom. The van der Waals surface area contributed by atoms with Crippen molar-refractivity contribution < 1.29 is 14.3 Å². The van der Waals surface area contributed by atoms with E-state index in [2.05, 4.69) is 17.6 Å². The maximum Gasteiger partial charge on any atom is 0.229 e. The van der Waals surface area contributed by atoms with E-state index in [1.807, 2.05) is 0 Å². The Labute approximate surface area is 113 Å². The fourth-order valence-electron chi connectivity index (χ4n) is 2.29. The highest BCUT2D eigenvalue weighted by Gasteiger charge is 2.29. The summed E-state index contributed by atoms with van der Waals surface area (Å²) in [4.78, 5) is 12.2. The number of hydrogen-bond acceptors (Lipinski definition) is 4. The Bertz CT molecular complexity index is 462. The molecule has 1 aromatic carbocycles. The number of hydrogen-bond donors (Lipinski definition) is 2. The van der Waals surface area contributed by atoms with Gasteiger partial charge in [0.1, 0.15) is 11.5 Å². The van der Waals surface area contributed by atoms with Gasteiger partial charge in [0.15, 0.2) is 0 Å². The van der Waals surface area contributed by atoms with Crippen molar-refractivity contribution in [1.29, 1.82) is 0 Å². The molecule has 1 aliphatic heterocycles. The second-order valence-electron chi connectivity index (χ2n) is 4.80. The van der Waals surface area contributed by atoms with E-state index in [1.165, 1.54) is 0 Å². The number of amides is 1. The van der Waals surface area contributed by atoms with Crippen LogP contribution >= 0.6 is 0 Å². The van der Waals surface area contributed by atoms with Crippen molar-refractivity contribution in [2.45, 2.75) is 6.92 Å². The molecule has 2 rings (SSSR count). The third kappa shape index (κ3) is 2.98. The number of methoxy groups -OCH3 is 2. The number of carbonyl (C=O) groups excluding carboxylic acids is 1. The van der Waals surface area contributed by atoms with E-state index in [0.29, 0.717) is 23.1 Å². The topological polar surface area (TPSA) is 59.6 Å². The molecule has 1 amide bonds. The molecule has 0 bridgehead atoms. The fourth-order valence-corrected chi connectivity index (χ4v) is 2.29. The smallest absolute Gasteiger partial charge is 0.229 e. The SMILES string of the molecule is COc1ccc(NC(=O)C2CNCC2C)c(OC)c1. The maximum absolute atomic E-state index is 12.2. The van der Waals surface area contributed by atoms with Gasteiger partial charge in [-0.2, -0.15) is 0 Å². The number of carbonyl (C=O) groups is 1. The van der Waals surface area contributed by atoms with Gasteiger partial charge in [0.25, 0.3) is 0 Å². The van der Waals surface area contributed by atoms with Crippen LogP contribution in [-0.2, 0) is 4.79 Å². The van der Waals surface area contributed by atoms with Gasteiger partial charge >= 0.3 is 0 Å². The van der Waals surface area contributed by atoms with Crippen LogP contribution in [0, 0.1) is 11.8 Å². The number of rotatable bonds is 4. The van der Waals surface area contributed by atoms with Crippen LogP contribution in [0.2, 0.25) is 0 Å². The molecule has 1 heterocycles. The van der Waals surface area contributed by atoms with Gasteiger partial charge in [-0.05, 0) is 24.6 Å². The predicted octanol–water partition coefficient (Wildman–Crippen LogP) is 1.50. The van der Waals surface area contributed by atoms with Crippen LogP contribution < -0.4 is 20.1 Å². The van der Waals surface area contributed by atoms with Crippen molar-refractivity contribution in [2.24, 2.45) is 11.8 Å². The van der Waals surface area contributed by atoms with Crippen molar-refractivity contribution in [2.75, 3.05) is 32.6 Å². The molecular formula is C14H20N2O3. The lowest BCUT2D eigenvalue weighted by Gasteiger charge is -2.16. The molecule has 2 unspecified atom stereocenters. The molecule has 5 heteroatoms. The van der Waals surface area contributed by atoms with E-state index < -0.39 is 0 Å². The lowest BCUT2D eigenvalue weighted by Crippen LogP contribution is -2.28. The number of benzene rings is 1. The number of anilines is 1. The summed E-state index contributed by atoms with van der Waals surface area (Å²) in [7, 11) is 3.17. The predicted molar refractivity (Wildman–Crippen MR) is 73.7 cm³/mol. The molecule has 0 spiro atoms. The second kappa shape index (κ2) is 5.93. The molecule has 1 fully saturated rings. The highest BCUT2D eigenvalue weighted by atomic mass is 16.5. The number of ether oxygens (including phenoxy) is 2. The van der Waals surface area contributed by atoms with Crippen molar-refractivity contribution >= 4 is 11.6 Å². The quantitative estimate of drug-likeness (QED) is 0.865. The van der Waals surface area contributed by atoms with Gasteiger partial charge in [-0.3, -0.25) is 4.79 Å². The second-order valence-corrected chi connectivity index (χ2v) is 4.80. The molecule has 0 aliphatic carbocycles. The Balaban J connectivity index is 2.12. The summed E-state index contributed by atoms with van der Waals surface area (Å²) in [5, 5.41) is 6.15. The van der Waals surface area contributed by atoms with Gasteiger partial charge in [0, 0.05) is 12.6 Å². The summed E-state index contributed by atoms with van der Waals surface area (Å²) in [6.45, 7) is 3.69. The van der Waals surface area contributed by atoms with Crippen LogP contribution in [0.3, 0.4) is 0 Å². The van der Waals surface area contributed by atoms with Gasteiger partial charge in [-0.25, -0.2) is 0 Å². The van der Waals surface area contributed by atoms with E-state index >= 15 is 0 Å². The summed E-state index contributed by atoms with van der Waals surface area (Å²) in [6, 6.07) is 5.35. The van der Waals surface area contributed by atoms with Gasteiger partial charge < -0.3 is 20.1 Å². The first-order valence-electron chi connectivity index (χ1n) is 6.39. The minimum Gasteiger partial charge on any atom is -0.497 e. The zero-order valence-electron chi connectivity index (χ0n) is 11.5. The highest BCUT2D eigenvalue weighted by Crippen LogP contribution is 2.30. The van der Waals surface area contributed by atoms with Gasteiger partial charge in [0.2, 0.25) is 5.91 Å².